The van der Waals surface area contributed by atoms with E-state index in [1.165, 1.54) is 18.3 Å². The van der Waals surface area contributed by atoms with E-state index in [-0.39, 0.29) is 24.7 Å². The zero-order valence-corrected chi connectivity index (χ0v) is 15.0. The molecule has 138 valence electrons. The van der Waals surface area contributed by atoms with Gasteiger partial charge >= 0.3 is 0 Å². The first kappa shape index (κ1) is 18.5. The lowest BCUT2D eigenvalue weighted by Gasteiger charge is -2.32. The number of nitrogens with zero attached hydrogens (tertiary/aromatic N) is 2. The maximum atomic E-state index is 13.6. The predicted octanol–water partition coefficient (Wildman–Crippen LogP) is 1.94. The van der Waals surface area contributed by atoms with Crippen LogP contribution < -0.4 is 4.72 Å². The Kier molecular flexibility index (Phi) is 5.63. The van der Waals surface area contributed by atoms with Crippen LogP contribution in [0, 0.1) is 5.82 Å². The van der Waals surface area contributed by atoms with Crippen molar-refractivity contribution in [3.05, 3.63) is 65.7 Å². The van der Waals surface area contributed by atoms with Gasteiger partial charge in [-0.3, -0.25) is 9.78 Å². The zero-order chi connectivity index (χ0) is 18.6. The van der Waals surface area contributed by atoms with E-state index < -0.39 is 21.1 Å². The number of pyridine rings is 1. The summed E-state index contributed by atoms with van der Waals surface area (Å²) in [6.07, 6.45) is 2.47. The standard InChI is InChI=1S/C18H20FN3O3S/c19-16-9-4-10-20-17(16)12-21-26(24,25)15-8-5-11-22(13-15)18(23)14-6-2-1-3-7-14/h1-4,6-7,9-10,15,21H,5,8,11-13H2/t15-/m0/s1. The van der Waals surface area contributed by atoms with Gasteiger partial charge in [0.1, 0.15) is 5.82 Å². The van der Waals surface area contributed by atoms with Crippen LogP contribution in [-0.4, -0.2) is 42.5 Å². The second-order valence-corrected chi connectivity index (χ2v) is 8.22. The zero-order valence-electron chi connectivity index (χ0n) is 14.1. The van der Waals surface area contributed by atoms with Crippen LogP contribution in [0.15, 0.2) is 48.7 Å². The Balaban J connectivity index is 1.66. The predicted molar refractivity (Wildman–Crippen MR) is 95.3 cm³/mol. The summed E-state index contributed by atoms with van der Waals surface area (Å²) in [6.45, 7) is 0.431. The summed E-state index contributed by atoms with van der Waals surface area (Å²) >= 11 is 0. The number of halogens is 1. The first-order valence-corrected chi connectivity index (χ1v) is 9.94. The number of hydrogen-bond donors (Lipinski definition) is 1. The van der Waals surface area contributed by atoms with Crippen molar-refractivity contribution in [1.82, 2.24) is 14.6 Å². The van der Waals surface area contributed by atoms with Crippen molar-refractivity contribution in [2.45, 2.75) is 24.6 Å². The molecule has 0 spiro atoms. The Labute approximate surface area is 152 Å². The Bertz CT molecular complexity index is 874. The Hall–Kier alpha value is -2.32. The summed E-state index contributed by atoms with van der Waals surface area (Å²) in [5.74, 6) is -0.735. The molecule has 8 heteroatoms. The number of piperidine rings is 1. The number of benzene rings is 1. The van der Waals surface area contributed by atoms with Crippen LogP contribution >= 0.6 is 0 Å². The molecule has 1 saturated heterocycles. The van der Waals surface area contributed by atoms with Crippen molar-refractivity contribution in [2.24, 2.45) is 0 Å². The molecule has 3 rings (SSSR count). The monoisotopic (exact) mass is 377 g/mol. The summed E-state index contributed by atoms with van der Waals surface area (Å²) < 4.78 is 41.2. The van der Waals surface area contributed by atoms with Gasteiger partial charge in [0, 0.05) is 24.8 Å². The molecule has 1 aliphatic heterocycles. The van der Waals surface area contributed by atoms with Crippen LogP contribution in [0.3, 0.4) is 0 Å². The summed E-state index contributed by atoms with van der Waals surface area (Å²) in [5.41, 5.74) is 0.582. The van der Waals surface area contributed by atoms with Gasteiger partial charge in [-0.15, -0.1) is 0 Å². The van der Waals surface area contributed by atoms with Crippen molar-refractivity contribution in [3.63, 3.8) is 0 Å². The Morgan fingerprint density at radius 3 is 2.73 bits per heavy atom. The number of nitrogens with one attached hydrogen (secondary N) is 1. The molecule has 1 N–H and O–H groups in total. The van der Waals surface area contributed by atoms with Gasteiger partial charge < -0.3 is 4.90 Å². The van der Waals surface area contributed by atoms with E-state index in [4.69, 9.17) is 0 Å². The van der Waals surface area contributed by atoms with Crippen molar-refractivity contribution in [3.8, 4) is 0 Å². The molecule has 1 fully saturated rings. The van der Waals surface area contributed by atoms with Crippen molar-refractivity contribution in [1.29, 1.82) is 0 Å². The van der Waals surface area contributed by atoms with Gasteiger partial charge in [0.25, 0.3) is 5.91 Å². The number of carbonyl (C=O) groups excluding carboxylic acids is 1. The summed E-state index contributed by atoms with van der Waals surface area (Å²) in [4.78, 5) is 17.9. The minimum atomic E-state index is -3.70. The van der Waals surface area contributed by atoms with Gasteiger partial charge in [-0.1, -0.05) is 18.2 Å². The Morgan fingerprint density at radius 1 is 1.23 bits per heavy atom. The highest BCUT2D eigenvalue weighted by Crippen LogP contribution is 2.19. The maximum absolute atomic E-state index is 13.6. The van der Waals surface area contributed by atoms with E-state index in [9.17, 15) is 17.6 Å². The van der Waals surface area contributed by atoms with Crippen molar-refractivity contribution < 1.29 is 17.6 Å². The quantitative estimate of drug-likeness (QED) is 0.864. The highest BCUT2D eigenvalue weighted by atomic mass is 32.2. The van der Waals surface area contributed by atoms with Crippen LogP contribution in [0.1, 0.15) is 28.9 Å². The summed E-state index contributed by atoms with van der Waals surface area (Å²) in [5, 5.41) is -0.726. The molecule has 26 heavy (non-hydrogen) atoms. The molecule has 1 amide bonds. The second-order valence-electron chi connectivity index (χ2n) is 6.18. The van der Waals surface area contributed by atoms with E-state index >= 15 is 0 Å². The second kappa shape index (κ2) is 7.92. The smallest absolute Gasteiger partial charge is 0.253 e. The molecular weight excluding hydrogens is 357 g/mol. The van der Waals surface area contributed by atoms with Crippen LogP contribution in [0.5, 0.6) is 0 Å². The fraction of sp³-hybridized carbons (Fsp3) is 0.333. The Morgan fingerprint density at radius 2 is 2.00 bits per heavy atom. The molecule has 6 nitrogen and oxygen atoms in total. The van der Waals surface area contributed by atoms with Gasteiger partial charge in [0.15, 0.2) is 0 Å². The normalized spacial score (nSPS) is 17.9. The number of rotatable bonds is 5. The third-order valence-corrected chi connectivity index (χ3v) is 6.21. The van der Waals surface area contributed by atoms with Gasteiger partial charge in [0.2, 0.25) is 10.0 Å². The largest absolute Gasteiger partial charge is 0.337 e. The number of aromatic nitrogens is 1. The van der Waals surface area contributed by atoms with E-state index in [0.717, 1.165) is 0 Å². The molecule has 1 aromatic heterocycles. The van der Waals surface area contributed by atoms with E-state index in [0.29, 0.717) is 24.9 Å². The maximum Gasteiger partial charge on any atom is 0.253 e. The highest BCUT2D eigenvalue weighted by Gasteiger charge is 2.33. The first-order valence-electron chi connectivity index (χ1n) is 8.39. The first-order chi connectivity index (χ1) is 12.5. The van der Waals surface area contributed by atoms with Crippen LogP contribution in [0.2, 0.25) is 0 Å². The van der Waals surface area contributed by atoms with E-state index in [1.807, 2.05) is 6.07 Å². The van der Waals surface area contributed by atoms with E-state index in [2.05, 4.69) is 9.71 Å². The molecular formula is C18H20FN3O3S. The molecule has 0 radical (unpaired) electrons. The molecule has 0 unspecified atom stereocenters. The van der Waals surface area contributed by atoms with Crippen molar-refractivity contribution >= 4 is 15.9 Å². The van der Waals surface area contributed by atoms with Crippen LogP contribution in [0.4, 0.5) is 4.39 Å². The highest BCUT2D eigenvalue weighted by molar-refractivity contribution is 7.90. The van der Waals surface area contributed by atoms with Gasteiger partial charge in [-0.25, -0.2) is 17.5 Å². The van der Waals surface area contributed by atoms with Gasteiger partial charge in [-0.05, 0) is 37.1 Å². The van der Waals surface area contributed by atoms with Gasteiger partial charge in [0.05, 0.1) is 17.5 Å². The third kappa shape index (κ3) is 4.25. The molecule has 2 aromatic rings. The van der Waals surface area contributed by atoms with Crippen LogP contribution in [0.25, 0.3) is 0 Å². The third-order valence-electron chi connectivity index (χ3n) is 4.40. The fourth-order valence-corrected chi connectivity index (χ4v) is 4.40. The topological polar surface area (TPSA) is 79.4 Å². The van der Waals surface area contributed by atoms with Crippen LogP contribution in [-0.2, 0) is 16.6 Å². The lowest BCUT2D eigenvalue weighted by atomic mass is 10.1. The number of sulfonamides is 1. The molecule has 1 aromatic carbocycles. The lowest BCUT2D eigenvalue weighted by Crippen LogP contribution is -2.48. The van der Waals surface area contributed by atoms with E-state index in [1.54, 1.807) is 29.2 Å². The molecule has 1 aliphatic rings. The fourth-order valence-electron chi connectivity index (χ4n) is 2.97. The molecule has 1 atom stereocenters. The average molecular weight is 377 g/mol. The lowest BCUT2D eigenvalue weighted by molar-refractivity contribution is 0.0726. The average Bonchev–Trinajstić information content (AvgIpc) is 2.67. The number of carbonyl (C=O) groups is 1. The molecule has 0 saturated carbocycles. The summed E-state index contributed by atoms with van der Waals surface area (Å²) in [7, 11) is -3.70. The minimum Gasteiger partial charge on any atom is -0.337 e. The van der Waals surface area contributed by atoms with Crippen molar-refractivity contribution in [2.75, 3.05) is 13.1 Å². The number of hydrogen-bond acceptors (Lipinski definition) is 4. The summed E-state index contributed by atoms with van der Waals surface area (Å²) in [6, 6.07) is 11.5. The molecule has 0 aliphatic carbocycles. The number of likely N-dealkylation sites (tertiary alicyclic amines) is 1. The SMILES string of the molecule is O=C(c1ccccc1)N1CCC[C@H](S(=O)(=O)NCc2ncccc2F)C1. The minimum absolute atomic E-state index is 0.0455. The van der Waals surface area contributed by atoms with Gasteiger partial charge in [-0.2, -0.15) is 0 Å². The molecule has 0 bridgehead atoms. The number of amides is 1. The molecule has 2 heterocycles.